The maximum absolute atomic E-state index is 5.21. The summed E-state index contributed by atoms with van der Waals surface area (Å²) in [6, 6.07) is 1.30. The van der Waals surface area contributed by atoms with Crippen molar-refractivity contribution in [2.45, 2.75) is 63.6 Å². The van der Waals surface area contributed by atoms with Gasteiger partial charge in [-0.15, -0.1) is 0 Å². The molecule has 1 aliphatic heterocycles. The third-order valence-electron chi connectivity index (χ3n) is 4.69. The minimum atomic E-state index is 0.438. The lowest BCUT2D eigenvalue weighted by Gasteiger charge is -2.48. The lowest BCUT2D eigenvalue weighted by Crippen LogP contribution is -2.64. The third kappa shape index (κ3) is 3.01. The van der Waals surface area contributed by atoms with Crippen molar-refractivity contribution in [2.75, 3.05) is 26.8 Å². The van der Waals surface area contributed by atoms with E-state index in [0.717, 1.165) is 19.6 Å². The number of methoxy groups -OCH3 is 1. The number of hydrogen-bond acceptors (Lipinski definition) is 3. The van der Waals surface area contributed by atoms with Crippen LogP contribution in [0.5, 0.6) is 0 Å². The van der Waals surface area contributed by atoms with Crippen LogP contribution in [-0.4, -0.2) is 49.3 Å². The predicted molar refractivity (Wildman–Crippen MR) is 71.3 cm³/mol. The van der Waals surface area contributed by atoms with Crippen LogP contribution in [0.15, 0.2) is 0 Å². The zero-order valence-electron chi connectivity index (χ0n) is 11.7. The molecular formula is C14H28N2O. The van der Waals surface area contributed by atoms with E-state index >= 15 is 0 Å². The highest BCUT2D eigenvalue weighted by Gasteiger charge is 2.40. The van der Waals surface area contributed by atoms with Crippen molar-refractivity contribution >= 4 is 0 Å². The quantitative estimate of drug-likeness (QED) is 0.813. The molecule has 0 aromatic carbocycles. The predicted octanol–water partition coefficient (Wildman–Crippen LogP) is 2.02. The monoisotopic (exact) mass is 240 g/mol. The molecule has 0 bridgehead atoms. The first-order valence-electron chi connectivity index (χ1n) is 7.16. The summed E-state index contributed by atoms with van der Waals surface area (Å²) in [4.78, 5) is 2.70. The fraction of sp³-hybridized carbons (Fsp3) is 1.00. The van der Waals surface area contributed by atoms with Crippen molar-refractivity contribution in [3.63, 3.8) is 0 Å². The van der Waals surface area contributed by atoms with Gasteiger partial charge in [0, 0.05) is 44.4 Å². The molecule has 2 atom stereocenters. The molecule has 2 fully saturated rings. The highest BCUT2D eigenvalue weighted by atomic mass is 16.5. The lowest BCUT2D eigenvalue weighted by molar-refractivity contribution is 0.0428. The standard InChI is InChI=1S/C14H28N2O/c1-12(6-9-17-3)16-11-14(7-4-5-8-14)15-10-13(16)2/h12-13,15H,4-11H2,1-3H3. The molecule has 1 saturated carbocycles. The van der Waals surface area contributed by atoms with Gasteiger partial charge in [0.25, 0.3) is 0 Å². The Hall–Kier alpha value is -0.120. The Labute approximate surface area is 106 Å². The molecule has 100 valence electrons. The van der Waals surface area contributed by atoms with Crippen molar-refractivity contribution in [1.82, 2.24) is 10.2 Å². The largest absolute Gasteiger partial charge is 0.385 e. The number of piperazine rings is 1. The third-order valence-corrected chi connectivity index (χ3v) is 4.69. The summed E-state index contributed by atoms with van der Waals surface area (Å²) < 4.78 is 5.21. The van der Waals surface area contributed by atoms with Crippen LogP contribution in [0.3, 0.4) is 0 Å². The van der Waals surface area contributed by atoms with Gasteiger partial charge < -0.3 is 10.1 Å². The maximum Gasteiger partial charge on any atom is 0.0477 e. The highest BCUT2D eigenvalue weighted by molar-refractivity contribution is 5.01. The van der Waals surface area contributed by atoms with Crippen LogP contribution in [0, 0.1) is 0 Å². The molecule has 2 aliphatic rings. The van der Waals surface area contributed by atoms with Gasteiger partial charge in [0.05, 0.1) is 0 Å². The van der Waals surface area contributed by atoms with E-state index in [0.29, 0.717) is 17.6 Å². The van der Waals surface area contributed by atoms with Crippen molar-refractivity contribution in [3.05, 3.63) is 0 Å². The molecule has 1 heterocycles. The Morgan fingerprint density at radius 2 is 2.12 bits per heavy atom. The van der Waals surface area contributed by atoms with Gasteiger partial charge in [0.15, 0.2) is 0 Å². The molecule has 0 aromatic rings. The normalized spacial score (nSPS) is 30.9. The topological polar surface area (TPSA) is 24.5 Å². The van der Waals surface area contributed by atoms with Crippen molar-refractivity contribution < 1.29 is 4.74 Å². The van der Waals surface area contributed by atoms with E-state index in [1.165, 1.54) is 32.2 Å². The SMILES string of the molecule is COCCC(C)N1CC2(CCCC2)NCC1C. The van der Waals surface area contributed by atoms with Gasteiger partial charge in [-0.05, 0) is 33.1 Å². The smallest absolute Gasteiger partial charge is 0.0477 e. The fourth-order valence-corrected chi connectivity index (χ4v) is 3.47. The zero-order chi connectivity index (χ0) is 12.3. The molecule has 1 spiro atoms. The first-order valence-corrected chi connectivity index (χ1v) is 7.16. The number of nitrogens with one attached hydrogen (secondary N) is 1. The van der Waals surface area contributed by atoms with Crippen LogP contribution in [0.4, 0.5) is 0 Å². The molecule has 3 nitrogen and oxygen atoms in total. The van der Waals surface area contributed by atoms with Gasteiger partial charge in [-0.1, -0.05) is 12.8 Å². The van der Waals surface area contributed by atoms with E-state index in [1.807, 2.05) is 0 Å². The average molecular weight is 240 g/mol. The summed E-state index contributed by atoms with van der Waals surface area (Å²) in [5.74, 6) is 0. The Balaban J connectivity index is 1.94. The first-order chi connectivity index (χ1) is 8.17. The van der Waals surface area contributed by atoms with Gasteiger partial charge in [0.2, 0.25) is 0 Å². The number of ether oxygens (including phenoxy) is 1. The molecule has 3 heteroatoms. The number of hydrogen-bond donors (Lipinski definition) is 1. The van der Waals surface area contributed by atoms with Gasteiger partial charge >= 0.3 is 0 Å². The summed E-state index contributed by atoms with van der Waals surface area (Å²) in [6.07, 6.45) is 6.70. The van der Waals surface area contributed by atoms with Crippen LogP contribution < -0.4 is 5.32 Å². The van der Waals surface area contributed by atoms with Crippen LogP contribution in [0.2, 0.25) is 0 Å². The van der Waals surface area contributed by atoms with E-state index in [2.05, 4.69) is 24.1 Å². The van der Waals surface area contributed by atoms with Gasteiger partial charge in [0.1, 0.15) is 0 Å². The number of nitrogens with zero attached hydrogens (tertiary/aromatic N) is 1. The maximum atomic E-state index is 5.21. The van der Waals surface area contributed by atoms with E-state index in [1.54, 1.807) is 7.11 Å². The molecule has 0 radical (unpaired) electrons. The van der Waals surface area contributed by atoms with Crippen molar-refractivity contribution in [3.8, 4) is 0 Å². The first kappa shape index (κ1) is 13.3. The second-order valence-electron chi connectivity index (χ2n) is 6.02. The fourth-order valence-electron chi connectivity index (χ4n) is 3.47. The Morgan fingerprint density at radius 3 is 2.76 bits per heavy atom. The summed E-state index contributed by atoms with van der Waals surface area (Å²) in [6.45, 7) is 7.96. The lowest BCUT2D eigenvalue weighted by atomic mass is 9.91. The summed E-state index contributed by atoms with van der Waals surface area (Å²) in [5.41, 5.74) is 0.438. The minimum Gasteiger partial charge on any atom is -0.385 e. The van der Waals surface area contributed by atoms with Crippen LogP contribution in [-0.2, 0) is 4.74 Å². The molecule has 17 heavy (non-hydrogen) atoms. The van der Waals surface area contributed by atoms with Crippen molar-refractivity contribution in [2.24, 2.45) is 0 Å². The van der Waals surface area contributed by atoms with E-state index < -0.39 is 0 Å². The second kappa shape index (κ2) is 5.68. The molecule has 0 aromatic heterocycles. The van der Waals surface area contributed by atoms with Gasteiger partial charge in [-0.3, -0.25) is 4.90 Å². The average Bonchev–Trinajstić information content (AvgIpc) is 2.78. The summed E-state index contributed by atoms with van der Waals surface area (Å²) >= 11 is 0. The minimum absolute atomic E-state index is 0.438. The van der Waals surface area contributed by atoms with Crippen molar-refractivity contribution in [1.29, 1.82) is 0 Å². The van der Waals surface area contributed by atoms with Gasteiger partial charge in [-0.25, -0.2) is 0 Å². The summed E-state index contributed by atoms with van der Waals surface area (Å²) in [5, 5.41) is 3.81. The number of rotatable bonds is 4. The van der Waals surface area contributed by atoms with Crippen LogP contribution in [0.25, 0.3) is 0 Å². The Kier molecular flexibility index (Phi) is 4.45. The van der Waals surface area contributed by atoms with E-state index in [9.17, 15) is 0 Å². The zero-order valence-corrected chi connectivity index (χ0v) is 11.7. The van der Waals surface area contributed by atoms with Gasteiger partial charge in [-0.2, -0.15) is 0 Å². The summed E-state index contributed by atoms with van der Waals surface area (Å²) in [7, 11) is 1.80. The second-order valence-corrected chi connectivity index (χ2v) is 6.02. The molecule has 0 amide bonds. The molecule has 1 saturated heterocycles. The molecule has 2 rings (SSSR count). The Morgan fingerprint density at radius 1 is 1.41 bits per heavy atom. The van der Waals surface area contributed by atoms with E-state index in [-0.39, 0.29) is 0 Å². The Bertz CT molecular complexity index is 238. The van der Waals surface area contributed by atoms with Crippen LogP contribution in [0.1, 0.15) is 46.0 Å². The molecule has 2 unspecified atom stereocenters. The molecular weight excluding hydrogens is 212 g/mol. The van der Waals surface area contributed by atoms with Crippen LogP contribution >= 0.6 is 0 Å². The highest BCUT2D eigenvalue weighted by Crippen LogP contribution is 2.34. The van der Waals surface area contributed by atoms with E-state index in [4.69, 9.17) is 4.74 Å². The molecule has 1 N–H and O–H groups in total. The molecule has 1 aliphatic carbocycles.